The van der Waals surface area contributed by atoms with Crippen molar-refractivity contribution in [3.63, 3.8) is 0 Å². The smallest absolute Gasteiger partial charge is 0.150 e. The molecule has 0 atom stereocenters. The maximum absolute atomic E-state index is 10.7. The van der Waals surface area contributed by atoms with E-state index in [2.05, 4.69) is 32.9 Å². The fourth-order valence-corrected chi connectivity index (χ4v) is 2.02. The number of carbonyl (C=O) groups is 1. The molecule has 0 radical (unpaired) electrons. The Balaban J connectivity index is 2.06. The van der Waals surface area contributed by atoms with Crippen LogP contribution in [0.25, 0.3) is 0 Å². The molecule has 3 nitrogen and oxygen atoms in total. The second kappa shape index (κ2) is 6.00. The van der Waals surface area contributed by atoms with Crippen LogP contribution in [0.3, 0.4) is 0 Å². The number of ether oxygens (including phenoxy) is 1. The molecule has 0 heterocycles. The highest BCUT2D eigenvalue weighted by atomic mass is 16.5. The van der Waals surface area contributed by atoms with E-state index in [-0.39, 0.29) is 11.2 Å². The minimum Gasteiger partial charge on any atom is -0.508 e. The predicted molar refractivity (Wildman–Crippen MR) is 83.0 cm³/mol. The summed E-state index contributed by atoms with van der Waals surface area (Å²) in [4.78, 5) is 10.7. The molecule has 0 aliphatic rings. The number of aromatic hydroxyl groups is 1. The second-order valence-corrected chi connectivity index (χ2v) is 6.11. The van der Waals surface area contributed by atoms with Crippen molar-refractivity contribution in [2.24, 2.45) is 0 Å². The lowest BCUT2D eigenvalue weighted by Gasteiger charge is -2.19. The summed E-state index contributed by atoms with van der Waals surface area (Å²) in [5.74, 6) is 0.509. The van der Waals surface area contributed by atoms with Crippen LogP contribution in [-0.2, 0) is 12.0 Å². The van der Waals surface area contributed by atoms with Crippen LogP contribution in [0.4, 0.5) is 0 Å². The van der Waals surface area contributed by atoms with Gasteiger partial charge in [-0.25, -0.2) is 0 Å². The molecule has 2 aromatic rings. The first-order valence-electron chi connectivity index (χ1n) is 6.90. The van der Waals surface area contributed by atoms with Gasteiger partial charge in [-0.15, -0.1) is 0 Å². The first kappa shape index (κ1) is 15.1. The van der Waals surface area contributed by atoms with Gasteiger partial charge < -0.3 is 9.84 Å². The molecule has 2 rings (SSSR count). The van der Waals surface area contributed by atoms with Gasteiger partial charge in [-0.05, 0) is 28.7 Å². The van der Waals surface area contributed by atoms with Gasteiger partial charge in [-0.2, -0.15) is 0 Å². The summed E-state index contributed by atoms with van der Waals surface area (Å²) < 4.78 is 5.62. The van der Waals surface area contributed by atoms with Crippen LogP contribution < -0.4 is 4.74 Å². The molecule has 0 saturated heterocycles. The third kappa shape index (κ3) is 4.09. The first-order chi connectivity index (χ1) is 9.88. The second-order valence-electron chi connectivity index (χ2n) is 6.11. The van der Waals surface area contributed by atoms with Crippen LogP contribution in [0.15, 0.2) is 42.5 Å². The number of hydrogen-bond acceptors (Lipinski definition) is 3. The van der Waals surface area contributed by atoms with Crippen molar-refractivity contribution >= 4 is 6.29 Å². The standard InChI is InChI=1S/C18H20O3/c1-18(2,3)15-6-4-13(5-7-15)12-21-17-9-14(11-19)8-16(20)10-17/h4-11,20H,12H2,1-3H3. The summed E-state index contributed by atoms with van der Waals surface area (Å²) in [7, 11) is 0. The summed E-state index contributed by atoms with van der Waals surface area (Å²) in [5.41, 5.74) is 2.84. The fraction of sp³-hybridized carbons (Fsp3) is 0.278. The third-order valence-electron chi connectivity index (χ3n) is 3.28. The van der Waals surface area contributed by atoms with E-state index in [9.17, 15) is 9.90 Å². The maximum atomic E-state index is 10.7. The summed E-state index contributed by atoms with van der Waals surface area (Å²) in [6, 6.07) is 12.8. The number of phenols is 1. The Morgan fingerprint density at radius 3 is 2.33 bits per heavy atom. The van der Waals surface area contributed by atoms with Crippen LogP contribution >= 0.6 is 0 Å². The lowest BCUT2D eigenvalue weighted by Crippen LogP contribution is -2.10. The number of carbonyl (C=O) groups excluding carboxylic acids is 1. The number of phenolic OH excluding ortho intramolecular Hbond substituents is 1. The highest BCUT2D eigenvalue weighted by Crippen LogP contribution is 2.24. The fourth-order valence-electron chi connectivity index (χ4n) is 2.02. The molecular weight excluding hydrogens is 264 g/mol. The Morgan fingerprint density at radius 2 is 1.76 bits per heavy atom. The zero-order valence-electron chi connectivity index (χ0n) is 12.6. The van der Waals surface area contributed by atoms with Crippen molar-refractivity contribution in [1.29, 1.82) is 0 Å². The van der Waals surface area contributed by atoms with E-state index in [0.29, 0.717) is 24.2 Å². The number of hydrogen-bond donors (Lipinski definition) is 1. The number of rotatable bonds is 4. The predicted octanol–water partition coefficient (Wildman–Crippen LogP) is 4.08. The van der Waals surface area contributed by atoms with Crippen molar-refractivity contribution in [2.45, 2.75) is 32.8 Å². The zero-order chi connectivity index (χ0) is 15.5. The topological polar surface area (TPSA) is 46.5 Å². The molecular formula is C18H20O3. The van der Waals surface area contributed by atoms with Crippen LogP contribution in [0, 0.1) is 0 Å². The summed E-state index contributed by atoms with van der Waals surface area (Å²) in [6.45, 7) is 6.91. The van der Waals surface area contributed by atoms with Crippen molar-refractivity contribution in [3.05, 3.63) is 59.2 Å². The minimum absolute atomic E-state index is 0.0256. The molecule has 0 fully saturated rings. The first-order valence-corrected chi connectivity index (χ1v) is 6.90. The van der Waals surface area contributed by atoms with Gasteiger partial charge in [0.05, 0.1) is 0 Å². The average molecular weight is 284 g/mol. The van der Waals surface area contributed by atoms with E-state index in [1.807, 2.05) is 12.1 Å². The zero-order valence-corrected chi connectivity index (χ0v) is 12.6. The molecule has 0 unspecified atom stereocenters. The van der Waals surface area contributed by atoms with Crippen molar-refractivity contribution in [3.8, 4) is 11.5 Å². The van der Waals surface area contributed by atoms with Gasteiger partial charge in [-0.3, -0.25) is 4.79 Å². The van der Waals surface area contributed by atoms with E-state index in [1.54, 1.807) is 6.07 Å². The van der Waals surface area contributed by atoms with Gasteiger partial charge in [0.15, 0.2) is 0 Å². The summed E-state index contributed by atoms with van der Waals surface area (Å²) in [6.07, 6.45) is 0.685. The number of aldehydes is 1. The van der Waals surface area contributed by atoms with Gasteiger partial charge in [0, 0.05) is 11.6 Å². The van der Waals surface area contributed by atoms with Crippen molar-refractivity contribution in [1.82, 2.24) is 0 Å². The number of benzene rings is 2. The molecule has 0 aromatic heterocycles. The molecule has 3 heteroatoms. The Hall–Kier alpha value is -2.29. The van der Waals surface area contributed by atoms with Crippen LogP contribution in [0.2, 0.25) is 0 Å². The highest BCUT2D eigenvalue weighted by Gasteiger charge is 2.12. The van der Waals surface area contributed by atoms with Gasteiger partial charge in [-0.1, -0.05) is 45.0 Å². The Morgan fingerprint density at radius 1 is 1.10 bits per heavy atom. The van der Waals surface area contributed by atoms with E-state index in [0.717, 1.165) is 5.56 Å². The Kier molecular flexibility index (Phi) is 4.32. The molecule has 0 bridgehead atoms. The minimum atomic E-state index is 0.0256. The quantitative estimate of drug-likeness (QED) is 0.860. The lowest BCUT2D eigenvalue weighted by atomic mass is 9.87. The average Bonchev–Trinajstić information content (AvgIpc) is 2.44. The van der Waals surface area contributed by atoms with E-state index >= 15 is 0 Å². The Bertz CT molecular complexity index is 622. The lowest BCUT2D eigenvalue weighted by molar-refractivity contribution is 0.112. The molecule has 0 aliphatic heterocycles. The maximum Gasteiger partial charge on any atom is 0.150 e. The summed E-state index contributed by atoms with van der Waals surface area (Å²) >= 11 is 0. The largest absolute Gasteiger partial charge is 0.508 e. The van der Waals surface area contributed by atoms with Gasteiger partial charge >= 0.3 is 0 Å². The highest BCUT2D eigenvalue weighted by molar-refractivity contribution is 5.76. The molecule has 21 heavy (non-hydrogen) atoms. The van der Waals surface area contributed by atoms with Crippen molar-refractivity contribution in [2.75, 3.05) is 0 Å². The molecule has 0 amide bonds. The van der Waals surface area contributed by atoms with E-state index in [1.165, 1.54) is 17.7 Å². The van der Waals surface area contributed by atoms with Gasteiger partial charge in [0.25, 0.3) is 0 Å². The van der Waals surface area contributed by atoms with Gasteiger partial charge in [0.2, 0.25) is 0 Å². The Labute approximate surface area is 125 Å². The van der Waals surface area contributed by atoms with Crippen LogP contribution in [-0.4, -0.2) is 11.4 Å². The molecule has 1 N–H and O–H groups in total. The van der Waals surface area contributed by atoms with Gasteiger partial charge in [0.1, 0.15) is 24.4 Å². The van der Waals surface area contributed by atoms with Crippen molar-refractivity contribution < 1.29 is 14.6 Å². The normalized spacial score (nSPS) is 11.2. The van der Waals surface area contributed by atoms with E-state index < -0.39 is 0 Å². The summed E-state index contributed by atoms with van der Waals surface area (Å²) in [5, 5.41) is 9.51. The SMILES string of the molecule is CC(C)(C)c1ccc(COc2cc(O)cc(C=O)c2)cc1. The molecule has 0 spiro atoms. The molecule has 0 aliphatic carbocycles. The third-order valence-corrected chi connectivity index (χ3v) is 3.28. The van der Waals surface area contributed by atoms with Crippen LogP contribution in [0.5, 0.6) is 11.5 Å². The van der Waals surface area contributed by atoms with Crippen LogP contribution in [0.1, 0.15) is 42.3 Å². The molecule has 110 valence electrons. The monoisotopic (exact) mass is 284 g/mol. The molecule has 2 aromatic carbocycles. The van der Waals surface area contributed by atoms with E-state index in [4.69, 9.17) is 4.74 Å². The molecule has 0 saturated carbocycles.